The number of sulfone groups is 1. The van der Waals surface area contributed by atoms with Crippen LogP contribution in [-0.4, -0.2) is 31.5 Å². The van der Waals surface area contributed by atoms with Crippen LogP contribution in [0.2, 0.25) is 0 Å². The molecule has 0 aliphatic carbocycles. The fourth-order valence-corrected chi connectivity index (χ4v) is 4.41. The van der Waals surface area contributed by atoms with Crippen LogP contribution in [0.5, 0.6) is 0 Å². The first kappa shape index (κ1) is 13.0. The minimum absolute atomic E-state index is 0.189. The second-order valence-corrected chi connectivity index (χ2v) is 7.27. The van der Waals surface area contributed by atoms with Crippen LogP contribution >= 0.6 is 0 Å². The Bertz CT molecular complexity index is 300. The summed E-state index contributed by atoms with van der Waals surface area (Å²) in [5, 5.41) is 3.47. The molecule has 0 aromatic carbocycles. The second kappa shape index (κ2) is 4.83. The van der Waals surface area contributed by atoms with Gasteiger partial charge in [-0.1, -0.05) is 19.8 Å². The highest BCUT2D eigenvalue weighted by Crippen LogP contribution is 2.23. The Labute approximate surface area is 93.6 Å². The SMILES string of the molecule is CCCCC(C)NC1(C)CCS(=O)(=O)C1. The van der Waals surface area contributed by atoms with Crippen molar-refractivity contribution in [3.63, 3.8) is 0 Å². The molecule has 15 heavy (non-hydrogen) atoms. The number of nitrogens with one attached hydrogen (secondary N) is 1. The highest BCUT2D eigenvalue weighted by Gasteiger charge is 2.38. The molecular formula is C11H23NO2S. The lowest BCUT2D eigenvalue weighted by atomic mass is 9.99. The van der Waals surface area contributed by atoms with Crippen molar-refractivity contribution in [3.05, 3.63) is 0 Å². The first-order valence-electron chi connectivity index (χ1n) is 5.85. The molecule has 0 aromatic rings. The zero-order valence-corrected chi connectivity index (χ0v) is 10.9. The molecule has 0 saturated carbocycles. The molecule has 3 nitrogen and oxygen atoms in total. The zero-order valence-electron chi connectivity index (χ0n) is 10.0. The van der Waals surface area contributed by atoms with E-state index in [4.69, 9.17) is 0 Å². The van der Waals surface area contributed by atoms with Crippen LogP contribution in [0.25, 0.3) is 0 Å². The van der Waals surface area contributed by atoms with E-state index in [1.54, 1.807) is 0 Å². The molecule has 1 N–H and O–H groups in total. The van der Waals surface area contributed by atoms with Crippen LogP contribution in [0.1, 0.15) is 46.5 Å². The molecule has 90 valence electrons. The van der Waals surface area contributed by atoms with Crippen molar-refractivity contribution < 1.29 is 8.42 Å². The molecule has 0 bridgehead atoms. The first-order valence-corrected chi connectivity index (χ1v) is 7.67. The van der Waals surface area contributed by atoms with Crippen LogP contribution in [0.3, 0.4) is 0 Å². The van der Waals surface area contributed by atoms with E-state index in [9.17, 15) is 8.42 Å². The summed E-state index contributed by atoms with van der Waals surface area (Å²) in [5.74, 6) is 0.646. The standard InChI is InChI=1S/C11H23NO2S/c1-4-5-6-10(2)12-11(3)7-8-15(13,14)9-11/h10,12H,4-9H2,1-3H3. The van der Waals surface area contributed by atoms with E-state index in [0.29, 0.717) is 17.5 Å². The van der Waals surface area contributed by atoms with Crippen LogP contribution in [0.4, 0.5) is 0 Å². The average molecular weight is 233 g/mol. The summed E-state index contributed by atoms with van der Waals surface area (Å²) in [5.41, 5.74) is -0.189. The van der Waals surface area contributed by atoms with Gasteiger partial charge < -0.3 is 5.32 Å². The summed E-state index contributed by atoms with van der Waals surface area (Å²) < 4.78 is 22.8. The summed E-state index contributed by atoms with van der Waals surface area (Å²) in [7, 11) is -2.78. The van der Waals surface area contributed by atoms with E-state index in [1.807, 2.05) is 6.92 Å². The minimum atomic E-state index is -2.78. The van der Waals surface area contributed by atoms with Gasteiger partial charge in [-0.25, -0.2) is 8.42 Å². The van der Waals surface area contributed by atoms with Crippen molar-refractivity contribution in [2.75, 3.05) is 11.5 Å². The topological polar surface area (TPSA) is 46.2 Å². The predicted octanol–water partition coefficient (Wildman–Crippen LogP) is 1.73. The van der Waals surface area contributed by atoms with Gasteiger partial charge in [0.05, 0.1) is 11.5 Å². The molecule has 2 unspecified atom stereocenters. The zero-order chi connectivity index (χ0) is 11.5. The van der Waals surface area contributed by atoms with Crippen molar-refractivity contribution in [2.24, 2.45) is 0 Å². The summed E-state index contributed by atoms with van der Waals surface area (Å²) >= 11 is 0. The molecule has 1 aliphatic rings. The van der Waals surface area contributed by atoms with Crippen LogP contribution in [0, 0.1) is 0 Å². The molecule has 2 atom stereocenters. The monoisotopic (exact) mass is 233 g/mol. The Hall–Kier alpha value is -0.0900. The lowest BCUT2D eigenvalue weighted by molar-refractivity contribution is 0.336. The Morgan fingerprint density at radius 1 is 1.47 bits per heavy atom. The smallest absolute Gasteiger partial charge is 0.152 e. The highest BCUT2D eigenvalue weighted by atomic mass is 32.2. The van der Waals surface area contributed by atoms with Gasteiger partial charge in [-0.15, -0.1) is 0 Å². The van der Waals surface area contributed by atoms with Crippen molar-refractivity contribution in [1.82, 2.24) is 5.32 Å². The normalized spacial score (nSPS) is 31.7. The molecule has 0 aromatic heterocycles. The first-order chi connectivity index (χ1) is 6.87. The molecule has 0 amide bonds. The lowest BCUT2D eigenvalue weighted by Crippen LogP contribution is -2.48. The van der Waals surface area contributed by atoms with E-state index >= 15 is 0 Å². The van der Waals surface area contributed by atoms with Gasteiger partial charge in [0, 0.05) is 11.6 Å². The number of rotatable bonds is 5. The van der Waals surface area contributed by atoms with Crippen LogP contribution < -0.4 is 5.32 Å². The largest absolute Gasteiger partial charge is 0.308 e. The summed E-state index contributed by atoms with van der Waals surface area (Å²) in [6, 6.07) is 0.420. The molecule has 0 spiro atoms. The summed E-state index contributed by atoms with van der Waals surface area (Å²) in [6.07, 6.45) is 4.29. The van der Waals surface area contributed by atoms with Crippen LogP contribution in [0.15, 0.2) is 0 Å². The second-order valence-electron chi connectivity index (χ2n) is 5.09. The van der Waals surface area contributed by atoms with E-state index in [1.165, 1.54) is 12.8 Å². The Morgan fingerprint density at radius 2 is 2.13 bits per heavy atom. The quantitative estimate of drug-likeness (QED) is 0.786. The molecule has 1 fully saturated rings. The maximum atomic E-state index is 11.4. The fraction of sp³-hybridized carbons (Fsp3) is 1.00. The van der Waals surface area contributed by atoms with Gasteiger partial charge in [0.25, 0.3) is 0 Å². The Balaban J connectivity index is 2.44. The van der Waals surface area contributed by atoms with Crippen molar-refractivity contribution in [1.29, 1.82) is 0 Å². The summed E-state index contributed by atoms with van der Waals surface area (Å²) in [4.78, 5) is 0. The van der Waals surface area contributed by atoms with Crippen molar-refractivity contribution >= 4 is 9.84 Å². The van der Waals surface area contributed by atoms with Crippen LogP contribution in [-0.2, 0) is 9.84 Å². The average Bonchev–Trinajstić information content (AvgIpc) is 2.37. The van der Waals surface area contributed by atoms with Gasteiger partial charge in [-0.05, 0) is 26.7 Å². The van der Waals surface area contributed by atoms with Gasteiger partial charge >= 0.3 is 0 Å². The lowest BCUT2D eigenvalue weighted by Gasteiger charge is -2.28. The fourth-order valence-electron chi connectivity index (χ4n) is 2.30. The van der Waals surface area contributed by atoms with E-state index in [0.717, 1.165) is 12.8 Å². The Kier molecular flexibility index (Phi) is 4.18. The third kappa shape index (κ3) is 4.11. The van der Waals surface area contributed by atoms with E-state index in [-0.39, 0.29) is 5.54 Å². The third-order valence-corrected chi connectivity index (χ3v) is 4.99. The molecule has 1 rings (SSSR count). The summed E-state index contributed by atoms with van der Waals surface area (Å²) in [6.45, 7) is 6.35. The van der Waals surface area contributed by atoms with Gasteiger partial charge in [0.1, 0.15) is 0 Å². The molecule has 4 heteroatoms. The number of hydrogen-bond acceptors (Lipinski definition) is 3. The molecule has 1 saturated heterocycles. The highest BCUT2D eigenvalue weighted by molar-refractivity contribution is 7.91. The van der Waals surface area contributed by atoms with E-state index in [2.05, 4.69) is 19.2 Å². The van der Waals surface area contributed by atoms with Gasteiger partial charge in [-0.2, -0.15) is 0 Å². The molecule has 1 heterocycles. The van der Waals surface area contributed by atoms with Gasteiger partial charge in [0.2, 0.25) is 0 Å². The third-order valence-electron chi connectivity index (χ3n) is 3.09. The molecule has 0 radical (unpaired) electrons. The number of hydrogen-bond donors (Lipinski definition) is 1. The Morgan fingerprint density at radius 3 is 2.60 bits per heavy atom. The molecule has 1 aliphatic heterocycles. The van der Waals surface area contributed by atoms with E-state index < -0.39 is 9.84 Å². The maximum absolute atomic E-state index is 11.4. The van der Waals surface area contributed by atoms with Crippen molar-refractivity contribution in [3.8, 4) is 0 Å². The van der Waals surface area contributed by atoms with Gasteiger partial charge in [0.15, 0.2) is 9.84 Å². The molecular weight excluding hydrogens is 210 g/mol. The number of unbranched alkanes of at least 4 members (excludes halogenated alkanes) is 1. The van der Waals surface area contributed by atoms with Crippen molar-refractivity contribution in [2.45, 2.75) is 58.0 Å². The maximum Gasteiger partial charge on any atom is 0.152 e. The van der Waals surface area contributed by atoms with Gasteiger partial charge in [-0.3, -0.25) is 0 Å². The predicted molar refractivity (Wildman–Crippen MR) is 63.8 cm³/mol. The minimum Gasteiger partial charge on any atom is -0.308 e.